The highest BCUT2D eigenvalue weighted by molar-refractivity contribution is 5.81. The van der Waals surface area contributed by atoms with Gasteiger partial charge in [0, 0.05) is 34.1 Å². The van der Waals surface area contributed by atoms with Gasteiger partial charge in [0.05, 0.1) is 0 Å². The van der Waals surface area contributed by atoms with Gasteiger partial charge in [-0.2, -0.15) is 0 Å². The largest absolute Gasteiger partial charge is 0.311 e. The van der Waals surface area contributed by atoms with Crippen molar-refractivity contribution in [2.75, 3.05) is 9.80 Å². The maximum Gasteiger partial charge on any atom is 0.0463 e. The lowest BCUT2D eigenvalue weighted by molar-refractivity contribution is 1.13. The summed E-state index contributed by atoms with van der Waals surface area (Å²) in [5.74, 6) is 0. The van der Waals surface area contributed by atoms with E-state index < -0.39 is 0 Å². The molecular weight excluding hydrogens is 460 g/mol. The second kappa shape index (κ2) is 11.4. The van der Waals surface area contributed by atoms with Crippen LogP contribution in [-0.2, 0) is 12.8 Å². The summed E-state index contributed by atoms with van der Waals surface area (Å²) >= 11 is 0. The van der Waals surface area contributed by atoms with E-state index in [0.717, 1.165) is 47.0 Å². The zero-order valence-corrected chi connectivity index (χ0v) is 22.9. The van der Waals surface area contributed by atoms with E-state index in [-0.39, 0.29) is 0 Å². The van der Waals surface area contributed by atoms with Crippen LogP contribution in [-0.4, -0.2) is 0 Å². The number of aryl methyl sites for hydroxylation is 4. The predicted octanol–water partition coefficient (Wildman–Crippen LogP) is 10.4. The molecule has 0 aromatic heterocycles. The van der Waals surface area contributed by atoms with Crippen molar-refractivity contribution in [1.82, 2.24) is 0 Å². The molecule has 0 saturated heterocycles. The first-order chi connectivity index (χ1) is 18.6. The standard InChI is InChI=1S/C36H36N2/c1-5-29-11-19-33(20-12-29)38(34-21-13-30(6-2)14-22-34)36-25-23-35(24-26-36)37(31-15-7-27(3)8-16-31)32-17-9-28(4)10-18-32/h7-26H,5-6H2,1-4H3. The van der Waals surface area contributed by atoms with E-state index in [9.17, 15) is 0 Å². The van der Waals surface area contributed by atoms with Crippen LogP contribution in [0.25, 0.3) is 0 Å². The van der Waals surface area contributed by atoms with Crippen LogP contribution in [0.4, 0.5) is 34.1 Å². The smallest absolute Gasteiger partial charge is 0.0463 e. The van der Waals surface area contributed by atoms with Gasteiger partial charge in [-0.1, -0.05) is 73.5 Å². The van der Waals surface area contributed by atoms with E-state index in [4.69, 9.17) is 0 Å². The summed E-state index contributed by atoms with van der Waals surface area (Å²) in [7, 11) is 0. The topological polar surface area (TPSA) is 6.48 Å². The van der Waals surface area contributed by atoms with Gasteiger partial charge in [-0.05, 0) is 111 Å². The van der Waals surface area contributed by atoms with Gasteiger partial charge in [0.25, 0.3) is 0 Å². The lowest BCUT2D eigenvalue weighted by atomic mass is 10.1. The van der Waals surface area contributed by atoms with Crippen molar-refractivity contribution in [3.8, 4) is 0 Å². The molecule has 5 aromatic rings. The monoisotopic (exact) mass is 496 g/mol. The molecule has 0 radical (unpaired) electrons. The number of anilines is 6. The molecule has 0 amide bonds. The predicted molar refractivity (Wildman–Crippen MR) is 164 cm³/mol. The van der Waals surface area contributed by atoms with E-state index in [2.05, 4.69) is 159 Å². The fraction of sp³-hybridized carbons (Fsp3) is 0.167. The first-order valence-electron chi connectivity index (χ1n) is 13.6. The zero-order valence-electron chi connectivity index (χ0n) is 22.9. The van der Waals surface area contributed by atoms with Crippen molar-refractivity contribution in [1.29, 1.82) is 0 Å². The maximum absolute atomic E-state index is 2.34. The van der Waals surface area contributed by atoms with Crippen LogP contribution in [0.15, 0.2) is 121 Å². The molecule has 0 saturated carbocycles. The third-order valence-corrected chi connectivity index (χ3v) is 7.16. The number of rotatable bonds is 8. The molecule has 5 rings (SSSR count). The van der Waals surface area contributed by atoms with Crippen molar-refractivity contribution in [2.24, 2.45) is 0 Å². The summed E-state index contributed by atoms with van der Waals surface area (Å²) in [6, 6.07) is 44.2. The summed E-state index contributed by atoms with van der Waals surface area (Å²) < 4.78 is 0. The molecule has 190 valence electrons. The first kappa shape index (κ1) is 25.4. The van der Waals surface area contributed by atoms with Crippen LogP contribution >= 0.6 is 0 Å². The lowest BCUT2D eigenvalue weighted by Gasteiger charge is -2.28. The number of hydrogen-bond acceptors (Lipinski definition) is 2. The van der Waals surface area contributed by atoms with Crippen LogP contribution in [0, 0.1) is 13.8 Å². The van der Waals surface area contributed by atoms with Crippen molar-refractivity contribution >= 4 is 34.1 Å². The van der Waals surface area contributed by atoms with Gasteiger partial charge in [0.15, 0.2) is 0 Å². The van der Waals surface area contributed by atoms with Gasteiger partial charge >= 0.3 is 0 Å². The highest BCUT2D eigenvalue weighted by Gasteiger charge is 2.16. The van der Waals surface area contributed by atoms with Gasteiger partial charge in [0.1, 0.15) is 0 Å². The molecular formula is C36H36N2. The minimum Gasteiger partial charge on any atom is -0.311 e. The molecule has 0 aliphatic rings. The second-order valence-corrected chi connectivity index (χ2v) is 9.90. The molecule has 2 heteroatoms. The Morgan fingerprint density at radius 2 is 0.553 bits per heavy atom. The Morgan fingerprint density at radius 3 is 0.789 bits per heavy atom. The molecule has 0 N–H and O–H groups in total. The zero-order chi connectivity index (χ0) is 26.5. The molecule has 0 heterocycles. The number of hydrogen-bond donors (Lipinski definition) is 0. The Labute approximate surface area is 227 Å². The maximum atomic E-state index is 2.34. The number of benzene rings is 5. The minimum atomic E-state index is 1.04. The van der Waals surface area contributed by atoms with Gasteiger partial charge < -0.3 is 9.80 Å². The summed E-state index contributed by atoms with van der Waals surface area (Å²) in [5.41, 5.74) is 12.1. The van der Waals surface area contributed by atoms with Gasteiger partial charge in [-0.15, -0.1) is 0 Å². The van der Waals surface area contributed by atoms with Crippen LogP contribution in [0.3, 0.4) is 0 Å². The minimum absolute atomic E-state index is 1.04. The van der Waals surface area contributed by atoms with Crippen LogP contribution in [0.1, 0.15) is 36.1 Å². The molecule has 5 aromatic carbocycles. The van der Waals surface area contributed by atoms with E-state index in [1.54, 1.807) is 0 Å². The van der Waals surface area contributed by atoms with E-state index in [0.29, 0.717) is 0 Å². The molecule has 38 heavy (non-hydrogen) atoms. The average Bonchev–Trinajstić information content (AvgIpc) is 2.97. The van der Waals surface area contributed by atoms with Gasteiger partial charge in [-0.25, -0.2) is 0 Å². The molecule has 0 atom stereocenters. The SMILES string of the molecule is CCc1ccc(N(c2ccc(CC)cc2)c2ccc(N(c3ccc(C)cc3)c3ccc(C)cc3)cc2)cc1. The highest BCUT2D eigenvalue weighted by atomic mass is 15.2. The van der Waals surface area contributed by atoms with E-state index in [1.165, 1.54) is 22.3 Å². The van der Waals surface area contributed by atoms with Gasteiger partial charge in [-0.3, -0.25) is 0 Å². The highest BCUT2D eigenvalue weighted by Crippen LogP contribution is 2.39. The van der Waals surface area contributed by atoms with Crippen LogP contribution in [0.5, 0.6) is 0 Å². The van der Waals surface area contributed by atoms with Crippen molar-refractivity contribution < 1.29 is 0 Å². The molecule has 0 bridgehead atoms. The Bertz CT molecular complexity index is 1350. The van der Waals surface area contributed by atoms with Crippen LogP contribution < -0.4 is 9.80 Å². The molecule has 0 aliphatic carbocycles. The second-order valence-electron chi connectivity index (χ2n) is 9.90. The van der Waals surface area contributed by atoms with Crippen molar-refractivity contribution in [3.05, 3.63) is 144 Å². The summed E-state index contributed by atoms with van der Waals surface area (Å²) in [4.78, 5) is 4.66. The number of nitrogens with zero attached hydrogens (tertiary/aromatic N) is 2. The lowest BCUT2D eigenvalue weighted by Crippen LogP contribution is -2.12. The van der Waals surface area contributed by atoms with Crippen molar-refractivity contribution in [3.63, 3.8) is 0 Å². The Morgan fingerprint density at radius 1 is 0.342 bits per heavy atom. The normalized spacial score (nSPS) is 10.8. The third-order valence-electron chi connectivity index (χ3n) is 7.16. The molecule has 0 unspecified atom stereocenters. The summed E-state index contributed by atoms with van der Waals surface area (Å²) in [6.07, 6.45) is 2.07. The van der Waals surface area contributed by atoms with Crippen molar-refractivity contribution in [2.45, 2.75) is 40.5 Å². The molecule has 2 nitrogen and oxygen atoms in total. The van der Waals surface area contributed by atoms with E-state index >= 15 is 0 Å². The fourth-order valence-electron chi connectivity index (χ4n) is 4.79. The molecule has 0 spiro atoms. The summed E-state index contributed by atoms with van der Waals surface area (Å²) in [6.45, 7) is 8.65. The Kier molecular flexibility index (Phi) is 7.60. The Balaban J connectivity index is 1.56. The first-order valence-corrected chi connectivity index (χ1v) is 13.6. The molecule has 0 fully saturated rings. The third kappa shape index (κ3) is 5.50. The summed E-state index contributed by atoms with van der Waals surface area (Å²) in [5, 5.41) is 0. The fourth-order valence-corrected chi connectivity index (χ4v) is 4.79. The average molecular weight is 497 g/mol. The Hall–Kier alpha value is -4.30. The van der Waals surface area contributed by atoms with E-state index in [1.807, 2.05) is 0 Å². The molecule has 0 aliphatic heterocycles. The van der Waals surface area contributed by atoms with Crippen LogP contribution in [0.2, 0.25) is 0 Å². The quantitative estimate of drug-likeness (QED) is 0.211. The van der Waals surface area contributed by atoms with Gasteiger partial charge in [0.2, 0.25) is 0 Å².